The Bertz CT molecular complexity index is 428. The number of para-hydroxylation sites is 1. The Morgan fingerprint density at radius 2 is 1.83 bits per heavy atom. The first-order valence-electron chi connectivity index (χ1n) is 5.52. The van der Waals surface area contributed by atoms with E-state index in [1.807, 2.05) is 6.07 Å². The fourth-order valence-corrected chi connectivity index (χ4v) is 1.63. The van der Waals surface area contributed by atoms with E-state index in [4.69, 9.17) is 0 Å². The molecule has 0 aliphatic carbocycles. The van der Waals surface area contributed by atoms with E-state index < -0.39 is 23.4 Å². The van der Waals surface area contributed by atoms with Crippen LogP contribution in [0.25, 0.3) is 0 Å². The van der Waals surface area contributed by atoms with Gasteiger partial charge in [0, 0.05) is 5.69 Å². The van der Waals surface area contributed by atoms with E-state index >= 15 is 0 Å². The molecule has 0 radical (unpaired) electrons. The zero-order valence-corrected chi connectivity index (χ0v) is 10.6. The Hall–Kier alpha value is -2.04. The monoisotopic (exact) mass is 251 g/mol. The van der Waals surface area contributed by atoms with Crippen LogP contribution in [0.4, 0.5) is 5.69 Å². The molecule has 0 heterocycles. The van der Waals surface area contributed by atoms with Gasteiger partial charge in [-0.05, 0) is 26.0 Å². The molecule has 98 valence electrons. The third kappa shape index (κ3) is 3.00. The number of aliphatic carboxylic acids is 1. The van der Waals surface area contributed by atoms with Gasteiger partial charge in [-0.15, -0.1) is 0 Å². The van der Waals surface area contributed by atoms with Crippen molar-refractivity contribution < 1.29 is 19.4 Å². The Balaban J connectivity index is 2.97. The molecule has 18 heavy (non-hydrogen) atoms. The fourth-order valence-electron chi connectivity index (χ4n) is 1.63. The molecule has 2 N–H and O–H groups in total. The van der Waals surface area contributed by atoms with E-state index in [0.29, 0.717) is 5.69 Å². The summed E-state index contributed by atoms with van der Waals surface area (Å²) in [6.07, 6.45) is 0. The maximum Gasteiger partial charge on any atom is 0.327 e. The average molecular weight is 251 g/mol. The summed E-state index contributed by atoms with van der Waals surface area (Å²) >= 11 is 0. The van der Waals surface area contributed by atoms with Crippen LogP contribution in [0.1, 0.15) is 13.8 Å². The lowest BCUT2D eigenvalue weighted by atomic mass is 9.84. The van der Waals surface area contributed by atoms with Gasteiger partial charge in [0.15, 0.2) is 0 Å². The van der Waals surface area contributed by atoms with E-state index in [0.717, 1.165) is 0 Å². The summed E-state index contributed by atoms with van der Waals surface area (Å²) in [5.74, 6) is -1.67. The Labute approximate surface area is 106 Å². The molecule has 1 aromatic rings. The van der Waals surface area contributed by atoms with Crippen LogP contribution >= 0.6 is 0 Å². The lowest BCUT2D eigenvalue weighted by Crippen LogP contribution is -2.48. The molecule has 0 fully saturated rings. The number of carbonyl (C=O) groups excluding carboxylic acids is 1. The minimum absolute atomic E-state index is 0.571. The topological polar surface area (TPSA) is 75.6 Å². The lowest BCUT2D eigenvalue weighted by Gasteiger charge is -2.29. The number of rotatable bonds is 5. The van der Waals surface area contributed by atoms with Crippen molar-refractivity contribution in [3.63, 3.8) is 0 Å². The Kier molecular flexibility index (Phi) is 4.31. The number of carboxylic acids is 1. The summed E-state index contributed by atoms with van der Waals surface area (Å²) in [6.45, 7) is 3.07. The van der Waals surface area contributed by atoms with Crippen LogP contribution in [0.2, 0.25) is 0 Å². The molecule has 0 spiro atoms. The first-order chi connectivity index (χ1) is 8.39. The summed E-state index contributed by atoms with van der Waals surface area (Å²) in [5, 5.41) is 12.1. The molecule has 0 bridgehead atoms. The predicted octanol–water partition coefficient (Wildman–Crippen LogP) is 1.75. The normalized spacial score (nSPS) is 12.6. The number of methoxy groups -OCH3 is 1. The average Bonchev–Trinajstić information content (AvgIpc) is 2.35. The van der Waals surface area contributed by atoms with E-state index in [1.165, 1.54) is 21.0 Å². The van der Waals surface area contributed by atoms with Gasteiger partial charge in [-0.2, -0.15) is 0 Å². The molecular formula is C13H17NO4. The summed E-state index contributed by atoms with van der Waals surface area (Å²) < 4.78 is 4.64. The van der Waals surface area contributed by atoms with Crippen molar-refractivity contribution in [1.82, 2.24) is 0 Å². The maximum absolute atomic E-state index is 11.6. The lowest BCUT2D eigenvalue weighted by molar-refractivity contribution is -0.157. The number of carboxylic acid groups (broad SMARTS) is 1. The Morgan fingerprint density at radius 3 is 2.28 bits per heavy atom. The number of anilines is 1. The van der Waals surface area contributed by atoms with Gasteiger partial charge in [-0.3, -0.25) is 4.79 Å². The van der Waals surface area contributed by atoms with Gasteiger partial charge in [0.2, 0.25) is 0 Å². The summed E-state index contributed by atoms with van der Waals surface area (Å²) in [6, 6.07) is 7.81. The first-order valence-corrected chi connectivity index (χ1v) is 5.52. The highest BCUT2D eigenvalue weighted by molar-refractivity contribution is 5.88. The predicted molar refractivity (Wildman–Crippen MR) is 67.3 cm³/mol. The third-order valence-electron chi connectivity index (χ3n) is 2.76. The molecule has 0 saturated carbocycles. The van der Waals surface area contributed by atoms with Crippen LogP contribution in [0.15, 0.2) is 30.3 Å². The summed E-state index contributed by atoms with van der Waals surface area (Å²) in [4.78, 5) is 22.9. The second kappa shape index (κ2) is 5.53. The molecule has 0 aliphatic heterocycles. The zero-order chi connectivity index (χ0) is 13.8. The van der Waals surface area contributed by atoms with Crippen LogP contribution in [-0.4, -0.2) is 30.2 Å². The van der Waals surface area contributed by atoms with Gasteiger partial charge < -0.3 is 15.2 Å². The zero-order valence-electron chi connectivity index (χ0n) is 10.6. The molecule has 0 amide bonds. The van der Waals surface area contributed by atoms with Gasteiger partial charge in [0.25, 0.3) is 0 Å². The van der Waals surface area contributed by atoms with Crippen LogP contribution < -0.4 is 5.32 Å². The number of hydrogen-bond donors (Lipinski definition) is 2. The molecule has 0 saturated heterocycles. The number of ether oxygens (including phenoxy) is 1. The molecule has 0 aromatic heterocycles. The standard InChI is InChI=1S/C13H17NO4/c1-13(2,12(17)18-3)10(11(15)16)14-9-7-5-4-6-8-9/h4-8,10,14H,1-3H3,(H,15,16). The second-order valence-corrected chi connectivity index (χ2v) is 4.49. The molecule has 1 aromatic carbocycles. The van der Waals surface area contributed by atoms with Crippen LogP contribution in [0, 0.1) is 5.41 Å². The molecule has 1 unspecified atom stereocenters. The molecule has 0 aliphatic rings. The summed E-state index contributed by atoms with van der Waals surface area (Å²) in [7, 11) is 1.24. The minimum Gasteiger partial charge on any atom is -0.480 e. The van der Waals surface area contributed by atoms with Gasteiger partial charge >= 0.3 is 11.9 Å². The van der Waals surface area contributed by atoms with E-state index in [2.05, 4.69) is 10.1 Å². The molecule has 1 atom stereocenters. The van der Waals surface area contributed by atoms with Crippen LogP contribution in [-0.2, 0) is 14.3 Å². The van der Waals surface area contributed by atoms with E-state index in [1.54, 1.807) is 24.3 Å². The minimum atomic E-state index is -1.17. The molecule has 5 nitrogen and oxygen atoms in total. The number of hydrogen-bond acceptors (Lipinski definition) is 4. The number of nitrogens with one attached hydrogen (secondary N) is 1. The van der Waals surface area contributed by atoms with Crippen molar-refractivity contribution in [2.45, 2.75) is 19.9 Å². The largest absolute Gasteiger partial charge is 0.480 e. The molecule has 1 rings (SSSR count). The first kappa shape index (κ1) is 14.0. The van der Waals surface area contributed by atoms with Crippen molar-refractivity contribution in [2.24, 2.45) is 5.41 Å². The molecule has 5 heteroatoms. The van der Waals surface area contributed by atoms with Crippen LogP contribution in [0.3, 0.4) is 0 Å². The summed E-state index contributed by atoms with van der Waals surface area (Å²) in [5.41, 5.74) is -0.530. The van der Waals surface area contributed by atoms with E-state index in [9.17, 15) is 14.7 Å². The van der Waals surface area contributed by atoms with Crippen LogP contribution in [0.5, 0.6) is 0 Å². The van der Waals surface area contributed by atoms with Gasteiger partial charge in [-0.1, -0.05) is 18.2 Å². The van der Waals surface area contributed by atoms with Crippen molar-refractivity contribution in [3.8, 4) is 0 Å². The quantitative estimate of drug-likeness (QED) is 0.780. The molecular weight excluding hydrogens is 234 g/mol. The van der Waals surface area contributed by atoms with Gasteiger partial charge in [0.1, 0.15) is 6.04 Å². The number of carbonyl (C=O) groups is 2. The van der Waals surface area contributed by atoms with Crippen molar-refractivity contribution in [3.05, 3.63) is 30.3 Å². The number of benzene rings is 1. The fraction of sp³-hybridized carbons (Fsp3) is 0.385. The van der Waals surface area contributed by atoms with Gasteiger partial charge in [0.05, 0.1) is 12.5 Å². The smallest absolute Gasteiger partial charge is 0.327 e. The second-order valence-electron chi connectivity index (χ2n) is 4.49. The van der Waals surface area contributed by atoms with Crippen molar-refractivity contribution in [2.75, 3.05) is 12.4 Å². The third-order valence-corrected chi connectivity index (χ3v) is 2.76. The highest BCUT2D eigenvalue weighted by Gasteiger charge is 2.42. The van der Waals surface area contributed by atoms with E-state index in [-0.39, 0.29) is 0 Å². The van der Waals surface area contributed by atoms with Crippen molar-refractivity contribution in [1.29, 1.82) is 0 Å². The maximum atomic E-state index is 11.6. The Morgan fingerprint density at radius 1 is 1.28 bits per heavy atom. The SMILES string of the molecule is COC(=O)C(C)(C)C(Nc1ccccc1)C(=O)O. The number of esters is 1. The highest BCUT2D eigenvalue weighted by Crippen LogP contribution is 2.26. The van der Waals surface area contributed by atoms with Gasteiger partial charge in [-0.25, -0.2) is 4.79 Å². The van der Waals surface area contributed by atoms with Crippen molar-refractivity contribution >= 4 is 17.6 Å². The highest BCUT2D eigenvalue weighted by atomic mass is 16.5.